The van der Waals surface area contributed by atoms with Crippen molar-refractivity contribution >= 4 is 17.2 Å². The molecule has 1 aromatic heterocycles. The normalized spacial score (nSPS) is 10.9. The summed E-state index contributed by atoms with van der Waals surface area (Å²) in [5, 5.41) is 4.94. The van der Waals surface area contributed by atoms with Crippen molar-refractivity contribution in [1.29, 1.82) is 0 Å². The number of rotatable bonds is 7. The highest BCUT2D eigenvalue weighted by molar-refractivity contribution is 7.12. The van der Waals surface area contributed by atoms with Crippen LogP contribution in [0.15, 0.2) is 35.7 Å². The second-order valence-electron chi connectivity index (χ2n) is 5.39. The predicted octanol–water partition coefficient (Wildman–Crippen LogP) is 3.83. The summed E-state index contributed by atoms with van der Waals surface area (Å²) in [4.78, 5) is 15.3. The Morgan fingerprint density at radius 2 is 1.73 bits per heavy atom. The van der Waals surface area contributed by atoms with Crippen LogP contribution in [0.4, 0.5) is 0 Å². The highest BCUT2D eigenvalue weighted by atomic mass is 32.1. The molecule has 0 aliphatic rings. The van der Waals surface area contributed by atoms with Crippen LogP contribution in [0.3, 0.4) is 0 Å². The number of benzene rings is 1. The SMILES string of the molecule is CCN(CC)Cc1ccc(CNC(=O)c2sccc2C)cc1. The first-order valence-corrected chi connectivity index (χ1v) is 8.64. The summed E-state index contributed by atoms with van der Waals surface area (Å²) in [5.74, 6) is 0.0136. The van der Waals surface area contributed by atoms with Crippen molar-refractivity contribution in [3.05, 3.63) is 57.3 Å². The molecule has 118 valence electrons. The minimum absolute atomic E-state index is 0.0136. The first kappa shape index (κ1) is 16.7. The topological polar surface area (TPSA) is 32.3 Å². The summed E-state index contributed by atoms with van der Waals surface area (Å²) in [7, 11) is 0. The molecule has 0 aliphatic carbocycles. The van der Waals surface area contributed by atoms with Gasteiger partial charge < -0.3 is 5.32 Å². The molecule has 1 aromatic carbocycles. The van der Waals surface area contributed by atoms with Gasteiger partial charge in [0.05, 0.1) is 4.88 Å². The van der Waals surface area contributed by atoms with Crippen LogP contribution in [0, 0.1) is 6.92 Å². The van der Waals surface area contributed by atoms with E-state index in [0.717, 1.165) is 35.6 Å². The van der Waals surface area contributed by atoms with Crippen LogP contribution in [0.5, 0.6) is 0 Å². The Kier molecular flexibility index (Phi) is 6.16. The number of hydrogen-bond donors (Lipinski definition) is 1. The Balaban J connectivity index is 1.89. The van der Waals surface area contributed by atoms with E-state index >= 15 is 0 Å². The molecule has 4 heteroatoms. The van der Waals surface area contributed by atoms with Gasteiger partial charge in [-0.25, -0.2) is 0 Å². The maximum atomic E-state index is 12.1. The molecule has 1 N–H and O–H groups in total. The lowest BCUT2D eigenvalue weighted by molar-refractivity contribution is 0.0954. The van der Waals surface area contributed by atoms with E-state index in [1.165, 1.54) is 16.9 Å². The van der Waals surface area contributed by atoms with Crippen molar-refractivity contribution in [2.24, 2.45) is 0 Å². The van der Waals surface area contributed by atoms with Crippen LogP contribution in [0.1, 0.15) is 40.2 Å². The molecule has 2 rings (SSSR count). The van der Waals surface area contributed by atoms with E-state index in [1.54, 1.807) is 0 Å². The van der Waals surface area contributed by atoms with Gasteiger partial charge in [-0.05, 0) is 48.2 Å². The van der Waals surface area contributed by atoms with Crippen molar-refractivity contribution in [3.8, 4) is 0 Å². The average molecular weight is 316 g/mol. The number of hydrogen-bond acceptors (Lipinski definition) is 3. The fourth-order valence-electron chi connectivity index (χ4n) is 2.34. The lowest BCUT2D eigenvalue weighted by Crippen LogP contribution is -2.23. The van der Waals surface area contributed by atoms with Crippen LogP contribution in [0.25, 0.3) is 0 Å². The number of thiophene rings is 1. The fourth-order valence-corrected chi connectivity index (χ4v) is 3.18. The van der Waals surface area contributed by atoms with Gasteiger partial charge in [0.25, 0.3) is 5.91 Å². The lowest BCUT2D eigenvalue weighted by atomic mass is 10.1. The van der Waals surface area contributed by atoms with Crippen molar-refractivity contribution < 1.29 is 4.79 Å². The van der Waals surface area contributed by atoms with Crippen molar-refractivity contribution in [2.75, 3.05) is 13.1 Å². The first-order chi connectivity index (χ1) is 10.6. The molecule has 0 atom stereocenters. The van der Waals surface area contributed by atoms with Crippen LogP contribution in [0.2, 0.25) is 0 Å². The van der Waals surface area contributed by atoms with Crippen molar-refractivity contribution in [1.82, 2.24) is 10.2 Å². The highest BCUT2D eigenvalue weighted by Gasteiger charge is 2.09. The summed E-state index contributed by atoms with van der Waals surface area (Å²) >= 11 is 1.49. The summed E-state index contributed by atoms with van der Waals surface area (Å²) in [5.41, 5.74) is 3.48. The van der Waals surface area contributed by atoms with Gasteiger partial charge in [0.2, 0.25) is 0 Å². The van der Waals surface area contributed by atoms with E-state index < -0.39 is 0 Å². The monoisotopic (exact) mass is 316 g/mol. The number of carbonyl (C=O) groups is 1. The third kappa shape index (κ3) is 4.42. The van der Waals surface area contributed by atoms with Crippen molar-refractivity contribution in [2.45, 2.75) is 33.9 Å². The van der Waals surface area contributed by atoms with Gasteiger partial charge >= 0.3 is 0 Å². The molecule has 2 aromatic rings. The first-order valence-electron chi connectivity index (χ1n) is 7.76. The van der Waals surface area contributed by atoms with Gasteiger partial charge in [0.1, 0.15) is 0 Å². The maximum absolute atomic E-state index is 12.1. The number of aryl methyl sites for hydroxylation is 1. The minimum Gasteiger partial charge on any atom is -0.347 e. The van der Waals surface area contributed by atoms with Gasteiger partial charge in [-0.3, -0.25) is 9.69 Å². The molecular weight excluding hydrogens is 292 g/mol. The van der Waals surface area contributed by atoms with Crippen LogP contribution in [-0.4, -0.2) is 23.9 Å². The van der Waals surface area contributed by atoms with Crippen LogP contribution < -0.4 is 5.32 Å². The number of carbonyl (C=O) groups excluding carboxylic acids is 1. The van der Waals surface area contributed by atoms with E-state index in [2.05, 4.69) is 48.3 Å². The maximum Gasteiger partial charge on any atom is 0.261 e. The van der Waals surface area contributed by atoms with Gasteiger partial charge in [-0.15, -0.1) is 11.3 Å². The molecular formula is C18H24N2OS. The predicted molar refractivity (Wildman–Crippen MR) is 93.3 cm³/mol. The summed E-state index contributed by atoms with van der Waals surface area (Å²) in [6.45, 7) is 10.0. The summed E-state index contributed by atoms with van der Waals surface area (Å²) in [6, 6.07) is 10.5. The van der Waals surface area contributed by atoms with E-state index in [9.17, 15) is 4.79 Å². The number of nitrogens with one attached hydrogen (secondary N) is 1. The number of nitrogens with zero attached hydrogens (tertiary/aromatic N) is 1. The Morgan fingerprint density at radius 3 is 2.27 bits per heavy atom. The third-order valence-electron chi connectivity index (χ3n) is 3.84. The zero-order chi connectivity index (χ0) is 15.9. The van der Waals surface area contributed by atoms with E-state index in [0.29, 0.717) is 6.54 Å². The molecule has 0 bridgehead atoms. The van der Waals surface area contributed by atoms with Gasteiger partial charge in [-0.1, -0.05) is 38.1 Å². The van der Waals surface area contributed by atoms with Crippen LogP contribution >= 0.6 is 11.3 Å². The highest BCUT2D eigenvalue weighted by Crippen LogP contribution is 2.15. The van der Waals surface area contributed by atoms with Gasteiger partial charge in [0, 0.05) is 13.1 Å². The summed E-state index contributed by atoms with van der Waals surface area (Å²) in [6.07, 6.45) is 0. The molecule has 1 heterocycles. The van der Waals surface area contributed by atoms with E-state index in [1.807, 2.05) is 18.4 Å². The molecule has 0 aliphatic heterocycles. The molecule has 0 saturated heterocycles. The Bertz CT molecular complexity index is 600. The quantitative estimate of drug-likeness (QED) is 0.842. The Labute approximate surface area is 137 Å². The van der Waals surface area contributed by atoms with Gasteiger partial charge in [-0.2, -0.15) is 0 Å². The molecule has 0 saturated carbocycles. The smallest absolute Gasteiger partial charge is 0.261 e. The van der Waals surface area contributed by atoms with Crippen molar-refractivity contribution in [3.63, 3.8) is 0 Å². The Hall–Kier alpha value is -1.65. The zero-order valence-corrected chi connectivity index (χ0v) is 14.4. The summed E-state index contributed by atoms with van der Waals surface area (Å²) < 4.78 is 0. The second kappa shape index (κ2) is 8.11. The fraction of sp³-hybridized carbons (Fsp3) is 0.389. The average Bonchev–Trinajstić information content (AvgIpc) is 2.97. The molecule has 0 unspecified atom stereocenters. The van der Waals surface area contributed by atoms with Gasteiger partial charge in [0.15, 0.2) is 0 Å². The Morgan fingerprint density at radius 1 is 1.09 bits per heavy atom. The molecule has 22 heavy (non-hydrogen) atoms. The van der Waals surface area contributed by atoms with E-state index in [-0.39, 0.29) is 5.91 Å². The number of amides is 1. The molecule has 0 radical (unpaired) electrons. The lowest BCUT2D eigenvalue weighted by Gasteiger charge is -2.18. The molecule has 0 spiro atoms. The minimum atomic E-state index is 0.0136. The van der Waals surface area contributed by atoms with Crippen LogP contribution in [-0.2, 0) is 13.1 Å². The molecule has 3 nitrogen and oxygen atoms in total. The standard InChI is InChI=1S/C18H24N2OS/c1-4-20(5-2)13-16-8-6-15(7-9-16)12-19-18(21)17-14(3)10-11-22-17/h6-11H,4-5,12-13H2,1-3H3,(H,19,21). The largest absolute Gasteiger partial charge is 0.347 e. The zero-order valence-electron chi connectivity index (χ0n) is 13.6. The van der Waals surface area contributed by atoms with E-state index in [4.69, 9.17) is 0 Å². The molecule has 0 fully saturated rings. The molecule has 1 amide bonds. The third-order valence-corrected chi connectivity index (χ3v) is 4.86. The second-order valence-corrected chi connectivity index (χ2v) is 6.31.